The average molecular weight is 357 g/mol. The molecule has 0 radical (unpaired) electrons. The van der Waals surface area contributed by atoms with Gasteiger partial charge >= 0.3 is 5.97 Å². The lowest BCUT2D eigenvalue weighted by Gasteiger charge is -2.41. The van der Waals surface area contributed by atoms with Crippen molar-refractivity contribution >= 4 is 23.5 Å². The number of rotatable bonds is 2. The highest BCUT2D eigenvalue weighted by Gasteiger charge is 2.52. The van der Waals surface area contributed by atoms with Crippen molar-refractivity contribution in [1.82, 2.24) is 10.2 Å². The molecule has 3 N–H and O–H groups in total. The molecular formula is C19H23N3O4. The van der Waals surface area contributed by atoms with Crippen molar-refractivity contribution in [2.75, 3.05) is 25.0 Å². The van der Waals surface area contributed by atoms with E-state index in [1.807, 2.05) is 12.1 Å². The second-order valence-corrected chi connectivity index (χ2v) is 7.46. The first kappa shape index (κ1) is 16.9. The number of aliphatic carboxylic acids is 1. The van der Waals surface area contributed by atoms with Crippen LogP contribution >= 0.6 is 0 Å². The van der Waals surface area contributed by atoms with Gasteiger partial charge in [0.25, 0.3) is 5.91 Å². The molecule has 1 aromatic rings. The third-order valence-corrected chi connectivity index (χ3v) is 5.99. The lowest BCUT2D eigenvalue weighted by molar-refractivity contribution is -0.144. The Morgan fingerprint density at radius 3 is 2.73 bits per heavy atom. The standard InChI is InChI=1S/C19H23N3O4/c23-15-11-14(18(25)26)19(21-15)6-9-22(10-7-19)17(24)13-5-1-3-12-4-2-8-20-16(12)13/h1,3,5,14,20H,2,4,6-11H2,(H,21,23)(H,25,26)/t14-/m1/s1. The van der Waals surface area contributed by atoms with Crippen LogP contribution in [0.5, 0.6) is 0 Å². The van der Waals surface area contributed by atoms with Crippen molar-refractivity contribution in [3.63, 3.8) is 0 Å². The summed E-state index contributed by atoms with van der Waals surface area (Å²) >= 11 is 0. The van der Waals surface area contributed by atoms with Gasteiger partial charge in [-0.1, -0.05) is 12.1 Å². The molecule has 7 heteroatoms. The minimum absolute atomic E-state index is 0.0256. The van der Waals surface area contributed by atoms with Crippen molar-refractivity contribution in [2.45, 2.75) is 37.6 Å². The van der Waals surface area contributed by atoms with Crippen LogP contribution in [0.4, 0.5) is 5.69 Å². The number of aryl methyl sites for hydroxylation is 1. The van der Waals surface area contributed by atoms with Gasteiger partial charge in [-0.2, -0.15) is 0 Å². The Balaban J connectivity index is 1.51. The van der Waals surface area contributed by atoms with Crippen LogP contribution in [0, 0.1) is 5.92 Å². The number of carbonyl (C=O) groups is 3. The molecule has 3 heterocycles. The highest BCUT2D eigenvalue weighted by Crippen LogP contribution is 2.37. The first-order valence-corrected chi connectivity index (χ1v) is 9.19. The van der Waals surface area contributed by atoms with Crippen LogP contribution < -0.4 is 10.6 Å². The average Bonchev–Trinajstić information content (AvgIpc) is 2.97. The number of carbonyl (C=O) groups excluding carboxylic acids is 2. The van der Waals surface area contributed by atoms with E-state index in [4.69, 9.17) is 0 Å². The van der Waals surface area contributed by atoms with Crippen LogP contribution in [0.1, 0.15) is 41.6 Å². The summed E-state index contributed by atoms with van der Waals surface area (Å²) in [5.41, 5.74) is 2.07. The molecule has 2 saturated heterocycles. The molecule has 3 aliphatic rings. The molecule has 0 unspecified atom stereocenters. The molecule has 138 valence electrons. The third kappa shape index (κ3) is 2.71. The van der Waals surface area contributed by atoms with Crippen LogP contribution in [0.2, 0.25) is 0 Å². The Labute approximate surface area is 151 Å². The van der Waals surface area contributed by atoms with E-state index in [0.717, 1.165) is 25.1 Å². The number of nitrogens with zero attached hydrogens (tertiary/aromatic N) is 1. The second kappa shape index (κ2) is 6.30. The number of piperidine rings is 1. The molecule has 1 aromatic carbocycles. The number of nitrogens with one attached hydrogen (secondary N) is 2. The Hall–Kier alpha value is -2.57. The van der Waals surface area contributed by atoms with E-state index in [1.165, 1.54) is 5.56 Å². The summed E-state index contributed by atoms with van der Waals surface area (Å²) in [5, 5.41) is 15.7. The molecule has 26 heavy (non-hydrogen) atoms. The van der Waals surface area contributed by atoms with Crippen molar-refractivity contribution in [3.05, 3.63) is 29.3 Å². The molecule has 4 rings (SSSR count). The van der Waals surface area contributed by atoms with Gasteiger partial charge in [0.05, 0.1) is 22.7 Å². The largest absolute Gasteiger partial charge is 0.481 e. The zero-order valence-corrected chi connectivity index (χ0v) is 14.6. The van der Waals surface area contributed by atoms with Gasteiger partial charge in [0.1, 0.15) is 0 Å². The number of hydrogen-bond donors (Lipinski definition) is 3. The molecule has 0 bridgehead atoms. The van der Waals surface area contributed by atoms with E-state index in [-0.39, 0.29) is 18.2 Å². The monoisotopic (exact) mass is 357 g/mol. The number of fused-ring (bicyclic) bond motifs is 1. The Bertz CT molecular complexity index is 768. The smallest absolute Gasteiger partial charge is 0.309 e. The lowest BCUT2D eigenvalue weighted by Crippen LogP contribution is -2.56. The highest BCUT2D eigenvalue weighted by molar-refractivity contribution is 6.00. The van der Waals surface area contributed by atoms with Crippen LogP contribution in [0.15, 0.2) is 18.2 Å². The summed E-state index contributed by atoms with van der Waals surface area (Å²) in [6.45, 7) is 1.77. The van der Waals surface area contributed by atoms with E-state index < -0.39 is 17.4 Å². The minimum Gasteiger partial charge on any atom is -0.481 e. The number of amides is 2. The maximum Gasteiger partial charge on any atom is 0.309 e. The van der Waals surface area contributed by atoms with E-state index in [9.17, 15) is 19.5 Å². The third-order valence-electron chi connectivity index (χ3n) is 5.99. The number of carboxylic acids is 1. The van der Waals surface area contributed by atoms with Gasteiger partial charge in [0.2, 0.25) is 5.91 Å². The topological polar surface area (TPSA) is 98.7 Å². The summed E-state index contributed by atoms with van der Waals surface area (Å²) < 4.78 is 0. The van der Waals surface area contributed by atoms with Crippen molar-refractivity contribution in [1.29, 1.82) is 0 Å². The van der Waals surface area contributed by atoms with Crippen LogP contribution in [-0.2, 0) is 16.0 Å². The predicted octanol–water partition coefficient (Wildman–Crippen LogP) is 1.24. The summed E-state index contributed by atoms with van der Waals surface area (Å²) in [6.07, 6.45) is 3.01. The molecular weight excluding hydrogens is 334 g/mol. The number of benzene rings is 1. The lowest BCUT2D eigenvalue weighted by atomic mass is 9.77. The van der Waals surface area contributed by atoms with Crippen LogP contribution in [0.25, 0.3) is 0 Å². The van der Waals surface area contributed by atoms with Crippen molar-refractivity contribution < 1.29 is 19.5 Å². The van der Waals surface area contributed by atoms with Crippen molar-refractivity contribution in [3.8, 4) is 0 Å². The Morgan fingerprint density at radius 2 is 2.00 bits per heavy atom. The molecule has 2 amide bonds. The van der Waals surface area contributed by atoms with Gasteiger partial charge in [-0.3, -0.25) is 14.4 Å². The summed E-state index contributed by atoms with van der Waals surface area (Å²) in [5.74, 6) is -1.89. The first-order chi connectivity index (χ1) is 12.5. The van der Waals surface area contributed by atoms with Gasteiger partial charge in [-0.15, -0.1) is 0 Å². The van der Waals surface area contributed by atoms with Gasteiger partial charge in [0.15, 0.2) is 0 Å². The number of anilines is 1. The predicted molar refractivity (Wildman–Crippen MR) is 95.0 cm³/mol. The van der Waals surface area contributed by atoms with E-state index >= 15 is 0 Å². The second-order valence-electron chi connectivity index (χ2n) is 7.46. The van der Waals surface area contributed by atoms with Crippen LogP contribution in [0.3, 0.4) is 0 Å². The first-order valence-electron chi connectivity index (χ1n) is 9.19. The molecule has 0 aliphatic carbocycles. The van der Waals surface area contributed by atoms with Gasteiger partial charge < -0.3 is 20.6 Å². The number of likely N-dealkylation sites (tertiary alicyclic amines) is 1. The van der Waals surface area contributed by atoms with E-state index in [0.29, 0.717) is 31.5 Å². The zero-order valence-electron chi connectivity index (χ0n) is 14.6. The maximum absolute atomic E-state index is 13.0. The molecule has 3 aliphatic heterocycles. The Morgan fingerprint density at radius 1 is 1.23 bits per heavy atom. The molecule has 7 nitrogen and oxygen atoms in total. The summed E-state index contributed by atoms with van der Waals surface area (Å²) in [4.78, 5) is 38.1. The van der Waals surface area contributed by atoms with Gasteiger partial charge in [-0.25, -0.2) is 0 Å². The SMILES string of the molecule is O=C1C[C@H](C(=O)O)C2(CCN(C(=O)c3cccc4c3NCCC4)CC2)N1. The Kier molecular flexibility index (Phi) is 4.09. The minimum atomic E-state index is -0.940. The number of hydrogen-bond acceptors (Lipinski definition) is 4. The van der Waals surface area contributed by atoms with Gasteiger partial charge in [-0.05, 0) is 37.3 Å². The number of para-hydroxylation sites is 1. The normalized spacial score (nSPS) is 23.9. The fourth-order valence-electron chi connectivity index (χ4n) is 4.56. The van der Waals surface area contributed by atoms with Crippen LogP contribution in [-0.4, -0.2) is 53.0 Å². The summed E-state index contributed by atoms with van der Waals surface area (Å²) in [7, 11) is 0. The zero-order chi connectivity index (χ0) is 18.3. The molecule has 1 spiro atoms. The molecule has 2 fully saturated rings. The maximum atomic E-state index is 13.0. The fourth-order valence-corrected chi connectivity index (χ4v) is 4.56. The quantitative estimate of drug-likeness (QED) is 0.740. The fraction of sp³-hybridized carbons (Fsp3) is 0.526. The van der Waals surface area contributed by atoms with Crippen molar-refractivity contribution in [2.24, 2.45) is 5.92 Å². The molecule has 1 atom stereocenters. The molecule has 0 saturated carbocycles. The van der Waals surface area contributed by atoms with Gasteiger partial charge in [0, 0.05) is 26.1 Å². The molecule has 0 aromatic heterocycles. The van der Waals surface area contributed by atoms with E-state index in [1.54, 1.807) is 4.90 Å². The van der Waals surface area contributed by atoms with E-state index in [2.05, 4.69) is 16.7 Å². The highest BCUT2D eigenvalue weighted by atomic mass is 16.4. The number of carboxylic acid groups (broad SMARTS) is 1. The summed E-state index contributed by atoms with van der Waals surface area (Å²) in [6, 6.07) is 5.82.